The summed E-state index contributed by atoms with van der Waals surface area (Å²) in [4.78, 5) is 90.1. The number of Topliss-reactive ketones (excluding diaryl/α,β-unsaturated/α-hetero) is 1. The Morgan fingerprint density at radius 3 is 2.19 bits per heavy atom. The molecule has 20 rings (SSSR count). The topological polar surface area (TPSA) is 452 Å². The van der Waals surface area contributed by atoms with Gasteiger partial charge in [-0.25, -0.2) is 40.9 Å². The number of carbonyl (C=O) groups is 4. The number of nitro benzene ring substituents is 1. The smallest absolute Gasteiger partial charge is 0.311 e. The summed E-state index contributed by atoms with van der Waals surface area (Å²) in [6.07, 6.45) is 14.8. The molecule has 5 saturated carbocycles. The second-order valence-electron chi connectivity index (χ2n) is 38.1. The Balaban J connectivity index is 0.000000127. The number of nitrogens with zero attached hydrogens (tertiary/aromatic N) is 8. The Labute approximate surface area is 799 Å². The minimum Gasteiger partial charge on any atom is -0.508 e. The van der Waals surface area contributed by atoms with E-state index in [4.69, 9.17) is 34.8 Å². The average Bonchev–Trinajstić information content (AvgIpc) is 1.50. The number of anilines is 2. The van der Waals surface area contributed by atoms with E-state index < -0.39 is 84.9 Å². The van der Waals surface area contributed by atoms with Crippen LogP contribution in [0.15, 0.2) is 196 Å². The number of aromatic hydroxyl groups is 1. The highest BCUT2D eigenvalue weighted by Crippen LogP contribution is 2.71. The number of aromatic amines is 1. The molecule has 31 nitrogen and oxygen atoms in total. The molecule has 8 aliphatic carbocycles. The number of alkyl halides is 1. The summed E-state index contributed by atoms with van der Waals surface area (Å²) < 4.78 is 94.5. The fraction of sp³-hybridized carbons (Fsp3) is 0.441. The number of aromatic nitrogens is 6. The number of aliphatic carboxylic acids is 1. The molecule has 10 aliphatic rings. The van der Waals surface area contributed by atoms with Crippen molar-refractivity contribution in [1.82, 2.24) is 38.9 Å². The number of aliphatic hydroxyl groups is 3. The minimum absolute atomic E-state index is 0.0300. The van der Waals surface area contributed by atoms with Crippen LogP contribution >= 0.6 is 11.3 Å². The van der Waals surface area contributed by atoms with Crippen LogP contribution < -0.4 is 25.5 Å². The number of carboxylic acid groups (broad SMARTS) is 1. The number of aryl methyl sites for hydroxylation is 3. The number of methoxy groups -OCH3 is 1. The number of allylic oxidation sites excluding steroid dienone is 4. The predicted octanol–water partition coefficient (Wildman–Crippen LogP) is 14.7. The molecule has 6 heterocycles. The third kappa shape index (κ3) is 19.7. The van der Waals surface area contributed by atoms with E-state index in [9.17, 15) is 71.3 Å². The zero-order valence-corrected chi connectivity index (χ0v) is 80.9. The number of thiophene rings is 1. The molecule has 6 aromatic carbocycles. The molecule has 0 amide bonds. The van der Waals surface area contributed by atoms with Crippen LogP contribution in [0.4, 0.5) is 21.7 Å². The van der Waals surface area contributed by atoms with Gasteiger partial charge in [0.05, 0.1) is 81.2 Å². The van der Waals surface area contributed by atoms with Gasteiger partial charge in [-0.2, -0.15) is 9.40 Å². The Bertz CT molecular complexity index is 6590. The van der Waals surface area contributed by atoms with E-state index in [0.29, 0.717) is 118 Å². The van der Waals surface area contributed by atoms with Crippen LogP contribution in [0.2, 0.25) is 0 Å². The van der Waals surface area contributed by atoms with Crippen LogP contribution in [0, 0.1) is 55.9 Å². The van der Waals surface area contributed by atoms with Gasteiger partial charge in [-0.1, -0.05) is 101 Å². The first-order valence-electron chi connectivity index (χ1n) is 46.3. The highest BCUT2D eigenvalue weighted by atomic mass is 32.2. The average molecular weight is 1930 g/mol. The Morgan fingerprint density at radius 2 is 1.50 bits per heavy atom. The van der Waals surface area contributed by atoms with E-state index in [1.165, 1.54) is 118 Å². The molecule has 137 heavy (non-hydrogen) atoms. The Kier molecular flexibility index (Phi) is 29.2. The number of H-pyrrole nitrogens is 1. The number of non-ortho nitro benzene ring substituents is 1. The van der Waals surface area contributed by atoms with Crippen molar-refractivity contribution in [2.24, 2.45) is 52.9 Å². The van der Waals surface area contributed by atoms with Gasteiger partial charge in [0.25, 0.3) is 21.3 Å². The first kappa shape index (κ1) is 99.8. The van der Waals surface area contributed by atoms with Crippen molar-refractivity contribution in [2.75, 3.05) is 64.0 Å². The zero-order valence-electron chi connectivity index (χ0n) is 78.4. The standard InChI is InChI=1S/C24H31FO6.C22H30N6O4S.C18H24O2.C14H12O3S.C13H9NO2.C11H12N4O3S/c1-21(2)30-19-9-14-13-8-16(25)15-7-12(27)5-6-22(15,3)20(13)17(28)10-23(14,4)24(19,31-21)18(29)11-26;1-5-7-17-19-20(27(4)25-17)22(29)24-21(23-19)16-14-15(8-9-18(16)32-6-2)33(30,31)28-12-10-26(3)11-13-28;1-18-9-8-14-13-5-3-12(19)10-11(13)2-4-15(14)16(18)6-7-17(18)20;1-9(14(16)17)11-7-8-12(18-11)13(15)10-5-3-2-4-6-10;15-14(16)11-5-6-13-10(8-11)7-9-3-1-2-4-12(9)13;1-18-9-6-13-11(14-7-9)15-19(16,17)10-4-2-8(12)3-5-10/h5-7,13-14,16-17,19-20,26,28H,8-11H2,1-4H3;8-9,14H,5-7,10-13H2,1-4H3,(H,23,24,29);3,5,10,14-17,19-20H,2,4,6-9H2,1H3;2-9H,1H3,(H,16,17);1-6,8H,7H2;2-7H,12H2,1H3,(H,13,14,15)/t13-,14-,16-,17-,19+,20+,22-,23-,24+;;14-,15-,16+,17+,18+;;;/m0.1.../s1. The molecule has 2 aliphatic heterocycles. The summed E-state index contributed by atoms with van der Waals surface area (Å²) in [6, 6.07) is 42.1. The molecular formula is C102H118FN11O20S3. The maximum absolute atomic E-state index is 15.4. The number of carbonyl (C=O) groups excluding carboxylic acids is 3. The second-order valence-corrected chi connectivity index (χ2v) is 42.9. The van der Waals surface area contributed by atoms with Crippen LogP contribution in [0.3, 0.4) is 0 Å². The number of benzene rings is 6. The maximum atomic E-state index is 15.4. The second kappa shape index (κ2) is 40.1. The van der Waals surface area contributed by atoms with Gasteiger partial charge in [0.15, 0.2) is 34.2 Å². The third-order valence-corrected chi connectivity index (χ3v) is 34.0. The number of rotatable bonds is 18. The zero-order chi connectivity index (χ0) is 98.3. The lowest BCUT2D eigenvalue weighted by Gasteiger charge is -2.60. The van der Waals surface area contributed by atoms with Gasteiger partial charge in [0, 0.05) is 78.2 Å². The van der Waals surface area contributed by atoms with Gasteiger partial charge < -0.3 is 60.1 Å². The normalized spacial score (nSPS) is 26.4. The number of nitro groups is 1. The van der Waals surface area contributed by atoms with E-state index in [1.54, 1.807) is 88.5 Å². The largest absolute Gasteiger partial charge is 0.508 e. The summed E-state index contributed by atoms with van der Waals surface area (Å²) in [7, 11) is -2.26. The lowest BCUT2D eigenvalue weighted by Crippen LogP contribution is -2.64. The molecule has 1 unspecified atom stereocenters. The highest BCUT2D eigenvalue weighted by Gasteiger charge is 2.77. The number of sulfonamides is 2. The lowest BCUT2D eigenvalue weighted by molar-refractivity contribution is -0.384. The Morgan fingerprint density at radius 1 is 0.803 bits per heavy atom. The fourth-order valence-corrected chi connectivity index (χ4v) is 26.2. The number of fused-ring (bicyclic) bond motifs is 16. The SMILES string of the molecule is CC(C(=O)O)c1ccc(C(=O)c2ccccc2)s1.CC1(C)O[C@@H]2C[C@H]3[C@@H]4C[C@H](F)C5=CC(=O)C=C[C@]5(C)[C@H]4[C@@H](O)C[C@]3(C)[C@]2(C(=O)CO)O1.CCCc1nn(C)c2c(=O)[nH]c(-c3cc(S(=O)(=O)N4CCN(C)CC4)ccc3OCC)nc12.COc1cnc(NS(=O)(=O)c2ccc(N)cc2)nc1.C[C@]12CC[C@@H]3c4ccc(O)cc4CC[C@H]3[C@@H]1CC[C@@H]2O.O=[N+]([O-])c1ccc2c(c1)Cc1ccccc1-2. The molecule has 0 spiro atoms. The monoisotopic (exact) mass is 1930 g/mol. The summed E-state index contributed by atoms with van der Waals surface area (Å²) in [5, 5.41) is 65.4. The molecular weight excluding hydrogens is 1810 g/mol. The number of piperazine rings is 1. The van der Waals surface area contributed by atoms with Crippen molar-refractivity contribution in [1.29, 1.82) is 0 Å². The van der Waals surface area contributed by atoms with Gasteiger partial charge >= 0.3 is 5.97 Å². The molecule has 10 aromatic rings. The fourth-order valence-electron chi connectivity index (χ4n) is 22.8. The molecule has 15 atom stereocenters. The van der Waals surface area contributed by atoms with Crippen molar-refractivity contribution < 1.29 is 89.8 Å². The van der Waals surface area contributed by atoms with Crippen molar-refractivity contribution in [3.63, 3.8) is 0 Å². The van der Waals surface area contributed by atoms with Crippen LogP contribution in [0.1, 0.15) is 173 Å². The van der Waals surface area contributed by atoms with Gasteiger partial charge in [0.1, 0.15) is 35.6 Å². The first-order valence-corrected chi connectivity index (χ1v) is 50.1. The summed E-state index contributed by atoms with van der Waals surface area (Å²) in [5.74, 6) is -0.181. The van der Waals surface area contributed by atoms with Crippen molar-refractivity contribution in [2.45, 2.75) is 190 Å². The van der Waals surface area contributed by atoms with E-state index in [1.807, 2.05) is 83.3 Å². The molecule has 9 N–H and O–H groups in total. The number of ketones is 3. The Hall–Kier alpha value is -11.6. The molecule has 0 radical (unpaired) electrons. The van der Waals surface area contributed by atoms with E-state index in [-0.39, 0.29) is 91.4 Å². The summed E-state index contributed by atoms with van der Waals surface area (Å²) in [5.41, 5.74) is 13.6. The number of phenolic OH excluding ortho intramolecular Hbond substituents is 1. The molecule has 726 valence electrons. The van der Waals surface area contributed by atoms with Crippen LogP contribution in [0.25, 0.3) is 33.5 Å². The number of hydrogen-bond acceptors (Lipinski definition) is 26. The minimum atomic E-state index is -3.72. The molecule has 35 heteroatoms. The number of ether oxygens (including phenoxy) is 4. The molecule has 7 fully saturated rings. The van der Waals surface area contributed by atoms with Gasteiger partial charge in [-0.05, 0) is 264 Å². The van der Waals surface area contributed by atoms with E-state index in [0.717, 1.165) is 54.8 Å². The van der Waals surface area contributed by atoms with E-state index in [2.05, 4.69) is 54.8 Å². The third-order valence-electron chi connectivity index (χ3n) is 29.5. The predicted molar refractivity (Wildman–Crippen MR) is 515 cm³/mol. The molecule has 2 saturated heterocycles. The summed E-state index contributed by atoms with van der Waals surface area (Å²) >= 11 is 1.24. The number of nitrogen functional groups attached to an aromatic ring is 1. The van der Waals surface area contributed by atoms with Crippen LogP contribution in [-0.4, -0.2) is 199 Å². The first-order chi connectivity index (χ1) is 65.1. The number of carboxylic acids is 1. The lowest BCUT2D eigenvalue weighted by atomic mass is 9.46. The number of phenols is 1. The number of aliphatic hydroxyl groups excluding tert-OH is 3. The maximum Gasteiger partial charge on any atom is 0.311 e. The van der Waals surface area contributed by atoms with Crippen molar-refractivity contribution >= 4 is 83.1 Å². The quantitative estimate of drug-likeness (QED) is 0.0171. The van der Waals surface area contributed by atoms with Crippen LogP contribution in [0.5, 0.6) is 17.2 Å². The van der Waals surface area contributed by atoms with Crippen LogP contribution in [-0.2, 0) is 70.2 Å². The van der Waals surface area contributed by atoms with Gasteiger partial charge in [0.2, 0.25) is 21.8 Å². The van der Waals surface area contributed by atoms with Crippen molar-refractivity contribution in [3.05, 3.63) is 246 Å². The number of likely N-dealkylation sites (N-methyl/N-ethyl adjacent to an activating group) is 1. The van der Waals surface area contributed by atoms with Gasteiger partial charge in [-0.3, -0.25) is 38.8 Å². The number of hydrogen-bond donors (Lipinski definition) is 8. The number of nitrogens with one attached hydrogen (secondary N) is 2. The van der Waals surface area contributed by atoms with E-state index >= 15 is 4.39 Å². The van der Waals surface area contributed by atoms with Gasteiger partial charge in [-0.15, -0.1) is 11.3 Å². The highest BCUT2D eigenvalue weighted by molar-refractivity contribution is 7.92. The molecule has 4 aromatic heterocycles. The van der Waals surface area contributed by atoms with Crippen molar-refractivity contribution in [3.8, 4) is 39.8 Å². The summed E-state index contributed by atoms with van der Waals surface area (Å²) in [6.45, 7) is 17.1. The molecule has 0 bridgehead atoms. The number of nitrogens with two attached hydrogens (primary N) is 1. The number of halogens is 1.